The molecule has 0 radical (unpaired) electrons. The van der Waals surface area contributed by atoms with E-state index in [2.05, 4.69) is 73.5 Å². The van der Waals surface area contributed by atoms with Gasteiger partial charge in [-0.05, 0) is 73.6 Å². The first-order chi connectivity index (χ1) is 17.5. The Morgan fingerprint density at radius 3 is 1.56 bits per heavy atom. The highest BCUT2D eigenvalue weighted by Gasteiger charge is 2.27. The van der Waals surface area contributed by atoms with E-state index in [1.807, 2.05) is 0 Å². The quantitative estimate of drug-likeness (QED) is 0.250. The lowest BCUT2D eigenvalue weighted by Gasteiger charge is -2.18. The summed E-state index contributed by atoms with van der Waals surface area (Å²) in [6, 6.07) is 13.1. The number of ketones is 1. The van der Waals surface area contributed by atoms with Gasteiger partial charge in [0.05, 0.1) is 22.4 Å². The summed E-state index contributed by atoms with van der Waals surface area (Å²) in [5.41, 5.74) is 6.86. The van der Waals surface area contributed by atoms with Gasteiger partial charge in [0.25, 0.3) is 0 Å². The van der Waals surface area contributed by atoms with Crippen molar-refractivity contribution >= 4 is 27.6 Å². The van der Waals surface area contributed by atoms with E-state index in [1.54, 1.807) is 0 Å². The molecule has 2 aromatic heterocycles. The summed E-state index contributed by atoms with van der Waals surface area (Å²) in [4.78, 5) is 13.7. The number of rotatable bonds is 10. The Morgan fingerprint density at radius 2 is 1.19 bits per heavy atom. The summed E-state index contributed by atoms with van der Waals surface area (Å²) < 4.78 is 4.38. The summed E-state index contributed by atoms with van der Waals surface area (Å²) >= 11 is 0. The van der Waals surface area contributed by atoms with Crippen molar-refractivity contribution in [1.29, 1.82) is 0 Å². The Kier molecular flexibility index (Phi) is 5.97. The second-order valence-corrected chi connectivity index (χ2v) is 11.3. The topological polar surface area (TPSA) is 52.7 Å². The van der Waals surface area contributed by atoms with Gasteiger partial charge in [-0.3, -0.25) is 14.2 Å². The first-order valence-electron chi connectivity index (χ1n) is 14.0. The van der Waals surface area contributed by atoms with E-state index < -0.39 is 0 Å². The number of fused-ring (bicyclic) bond motifs is 2. The SMILES string of the molecule is CCc1nn(CC2CC2)c2cc(C(C)C(=O)C(C)c3ccc4c(CC)nn(CC5CC5)c4c3)ccc12. The molecule has 36 heavy (non-hydrogen) atoms. The number of carbonyl (C=O) groups is 1. The van der Waals surface area contributed by atoms with Gasteiger partial charge in [0, 0.05) is 35.7 Å². The number of aromatic nitrogens is 4. The molecule has 2 atom stereocenters. The van der Waals surface area contributed by atoms with Crippen LogP contribution < -0.4 is 0 Å². The molecule has 2 heterocycles. The minimum atomic E-state index is -0.169. The Labute approximate surface area is 213 Å². The second kappa shape index (κ2) is 9.17. The molecule has 5 nitrogen and oxygen atoms in total. The van der Waals surface area contributed by atoms with Crippen molar-refractivity contribution in [1.82, 2.24) is 19.6 Å². The minimum absolute atomic E-state index is 0.169. The molecule has 6 rings (SSSR count). The van der Waals surface area contributed by atoms with Crippen molar-refractivity contribution in [2.24, 2.45) is 11.8 Å². The first-order valence-corrected chi connectivity index (χ1v) is 14.0. The van der Waals surface area contributed by atoms with Gasteiger partial charge in [-0.2, -0.15) is 10.2 Å². The van der Waals surface area contributed by atoms with E-state index in [0.29, 0.717) is 0 Å². The van der Waals surface area contributed by atoms with Crippen molar-refractivity contribution in [3.8, 4) is 0 Å². The van der Waals surface area contributed by atoms with Gasteiger partial charge in [0.15, 0.2) is 0 Å². The van der Waals surface area contributed by atoms with Gasteiger partial charge in [-0.15, -0.1) is 0 Å². The molecular formula is C31H38N4O. The van der Waals surface area contributed by atoms with Gasteiger partial charge < -0.3 is 0 Å². The maximum atomic E-state index is 13.7. The Balaban J connectivity index is 1.29. The number of hydrogen-bond acceptors (Lipinski definition) is 3. The molecule has 0 bridgehead atoms. The van der Waals surface area contributed by atoms with Crippen molar-refractivity contribution in [2.45, 2.75) is 91.1 Å². The highest BCUT2D eigenvalue weighted by molar-refractivity contribution is 5.94. The van der Waals surface area contributed by atoms with Gasteiger partial charge >= 0.3 is 0 Å². The van der Waals surface area contributed by atoms with Crippen LogP contribution in [0.25, 0.3) is 21.8 Å². The van der Waals surface area contributed by atoms with Crippen LogP contribution in [0.3, 0.4) is 0 Å². The number of aryl methyl sites for hydroxylation is 2. The molecule has 5 heteroatoms. The monoisotopic (exact) mass is 482 g/mol. The van der Waals surface area contributed by atoms with E-state index in [1.165, 1.54) is 47.5 Å². The van der Waals surface area contributed by atoms with E-state index in [-0.39, 0.29) is 17.6 Å². The molecule has 0 spiro atoms. The van der Waals surface area contributed by atoms with E-state index in [0.717, 1.165) is 60.3 Å². The van der Waals surface area contributed by atoms with E-state index >= 15 is 0 Å². The Morgan fingerprint density at radius 1 is 0.778 bits per heavy atom. The summed E-state index contributed by atoms with van der Waals surface area (Å²) in [7, 11) is 0. The molecule has 0 N–H and O–H groups in total. The number of carbonyl (C=O) groups excluding carboxylic acids is 1. The fourth-order valence-corrected chi connectivity index (χ4v) is 5.65. The summed E-state index contributed by atoms with van der Waals surface area (Å²) in [6.07, 6.45) is 7.07. The Hall–Kier alpha value is -2.95. The number of nitrogens with zero attached hydrogens (tertiary/aromatic N) is 4. The standard InChI is InChI=1S/C31H38N4O/c1-5-27-25-13-11-23(15-29(25)34(32-27)17-21-7-8-21)19(3)31(36)20(4)24-12-14-26-28(6-2)33-35(30(26)16-24)18-22-9-10-22/h11-16,19-22H,5-10,17-18H2,1-4H3. The lowest BCUT2D eigenvalue weighted by atomic mass is 9.85. The second-order valence-electron chi connectivity index (χ2n) is 11.3. The molecule has 2 aromatic carbocycles. The molecule has 188 valence electrons. The van der Waals surface area contributed by atoms with Crippen LogP contribution in [-0.2, 0) is 30.7 Å². The van der Waals surface area contributed by atoms with Crippen LogP contribution in [-0.4, -0.2) is 25.3 Å². The largest absolute Gasteiger partial charge is 0.298 e. The van der Waals surface area contributed by atoms with Crippen LogP contribution in [0, 0.1) is 11.8 Å². The van der Waals surface area contributed by atoms with Crippen molar-refractivity contribution in [2.75, 3.05) is 0 Å². The molecule has 2 aliphatic carbocycles. The average molecular weight is 483 g/mol. The van der Waals surface area contributed by atoms with Gasteiger partial charge in [-0.25, -0.2) is 0 Å². The Bertz CT molecular complexity index is 1330. The van der Waals surface area contributed by atoms with Gasteiger partial charge in [-0.1, -0.05) is 52.0 Å². The molecule has 2 fully saturated rings. The lowest BCUT2D eigenvalue weighted by Crippen LogP contribution is -2.17. The van der Waals surface area contributed by atoms with Gasteiger partial charge in [0.1, 0.15) is 5.78 Å². The maximum Gasteiger partial charge on any atom is 0.147 e. The highest BCUT2D eigenvalue weighted by atomic mass is 16.1. The summed E-state index contributed by atoms with van der Waals surface area (Å²) in [5, 5.41) is 12.3. The molecule has 0 saturated heterocycles. The van der Waals surface area contributed by atoms with Crippen molar-refractivity contribution < 1.29 is 4.79 Å². The zero-order valence-corrected chi connectivity index (χ0v) is 22.1. The molecule has 2 saturated carbocycles. The lowest BCUT2D eigenvalue weighted by molar-refractivity contribution is -0.121. The number of Topliss-reactive ketones (excluding diaryl/α,β-unsaturated/α-hetero) is 1. The van der Waals surface area contributed by atoms with Gasteiger partial charge in [0.2, 0.25) is 0 Å². The molecular weight excluding hydrogens is 444 g/mol. The number of hydrogen-bond donors (Lipinski definition) is 0. The van der Waals surface area contributed by atoms with Crippen LogP contribution in [0.4, 0.5) is 0 Å². The minimum Gasteiger partial charge on any atom is -0.298 e. The predicted molar refractivity (Wildman–Crippen MR) is 146 cm³/mol. The molecule has 0 amide bonds. The average Bonchev–Trinajstić information content (AvgIpc) is 3.83. The van der Waals surface area contributed by atoms with Crippen LogP contribution in [0.1, 0.15) is 87.7 Å². The molecule has 4 aromatic rings. The fraction of sp³-hybridized carbons (Fsp3) is 0.516. The predicted octanol–water partition coefficient (Wildman–Crippen LogP) is 6.81. The van der Waals surface area contributed by atoms with Crippen LogP contribution in [0.5, 0.6) is 0 Å². The normalized spacial score (nSPS) is 17.7. The van der Waals surface area contributed by atoms with E-state index in [4.69, 9.17) is 10.2 Å². The third kappa shape index (κ3) is 4.27. The third-order valence-corrected chi connectivity index (χ3v) is 8.48. The third-order valence-electron chi connectivity index (χ3n) is 8.48. The highest BCUT2D eigenvalue weighted by Crippen LogP contribution is 2.35. The first kappa shape index (κ1) is 23.4. The zero-order valence-electron chi connectivity index (χ0n) is 22.1. The maximum absolute atomic E-state index is 13.7. The smallest absolute Gasteiger partial charge is 0.147 e. The molecule has 2 aliphatic rings. The fourth-order valence-electron chi connectivity index (χ4n) is 5.65. The summed E-state index contributed by atoms with van der Waals surface area (Å²) in [5.74, 6) is 1.45. The molecule has 2 unspecified atom stereocenters. The number of benzene rings is 2. The van der Waals surface area contributed by atoms with Crippen LogP contribution in [0.2, 0.25) is 0 Å². The van der Waals surface area contributed by atoms with Crippen molar-refractivity contribution in [3.05, 3.63) is 58.9 Å². The van der Waals surface area contributed by atoms with Crippen LogP contribution >= 0.6 is 0 Å². The molecule has 0 aliphatic heterocycles. The zero-order chi connectivity index (χ0) is 25.0. The van der Waals surface area contributed by atoms with Crippen molar-refractivity contribution in [3.63, 3.8) is 0 Å². The van der Waals surface area contributed by atoms with Crippen LogP contribution in [0.15, 0.2) is 36.4 Å². The van der Waals surface area contributed by atoms with E-state index in [9.17, 15) is 4.79 Å². The summed E-state index contributed by atoms with van der Waals surface area (Å²) in [6.45, 7) is 10.4.